The van der Waals surface area contributed by atoms with E-state index in [4.69, 9.17) is 5.10 Å². The van der Waals surface area contributed by atoms with E-state index in [1.54, 1.807) is 0 Å². The molecule has 0 aliphatic carbocycles. The third kappa shape index (κ3) is 3.37. The molecule has 0 amide bonds. The first-order chi connectivity index (χ1) is 11.4. The lowest BCUT2D eigenvalue weighted by molar-refractivity contribution is 0.152. The highest BCUT2D eigenvalue weighted by Crippen LogP contribution is 2.27. The molecule has 1 aliphatic heterocycles. The molecule has 1 unspecified atom stereocenters. The molecule has 1 N–H and O–H groups in total. The zero-order chi connectivity index (χ0) is 17.3. The van der Waals surface area contributed by atoms with E-state index >= 15 is 0 Å². The normalized spacial score (nSPS) is 19.6. The summed E-state index contributed by atoms with van der Waals surface area (Å²) >= 11 is 0. The Morgan fingerprint density at radius 1 is 1.29 bits per heavy atom. The standard InChI is InChI=1S/C19H29N5/c1-14-17(15(2)24(22-14)19(3,4)5)13-23-10-9-21-12-18(23)16-7-6-8-20-11-16/h6-8,11,18,21H,9-10,12-13H2,1-5H3. The van der Waals surface area contributed by atoms with Gasteiger partial charge in [0, 0.05) is 55.9 Å². The van der Waals surface area contributed by atoms with Crippen LogP contribution < -0.4 is 5.32 Å². The number of rotatable bonds is 3. The van der Waals surface area contributed by atoms with Gasteiger partial charge in [0.2, 0.25) is 0 Å². The van der Waals surface area contributed by atoms with Crippen molar-refractivity contribution in [3.63, 3.8) is 0 Å². The van der Waals surface area contributed by atoms with Gasteiger partial charge >= 0.3 is 0 Å². The minimum absolute atomic E-state index is 0.0132. The number of nitrogens with one attached hydrogen (secondary N) is 1. The first-order valence-electron chi connectivity index (χ1n) is 8.78. The Morgan fingerprint density at radius 3 is 2.71 bits per heavy atom. The number of pyridine rings is 1. The summed E-state index contributed by atoms with van der Waals surface area (Å²) in [6.07, 6.45) is 3.83. The van der Waals surface area contributed by atoms with E-state index in [1.165, 1.54) is 16.8 Å². The first-order valence-corrected chi connectivity index (χ1v) is 8.78. The van der Waals surface area contributed by atoms with Crippen molar-refractivity contribution in [2.45, 2.75) is 52.7 Å². The van der Waals surface area contributed by atoms with Crippen molar-refractivity contribution in [2.24, 2.45) is 0 Å². The Labute approximate surface area is 145 Å². The lowest BCUT2D eigenvalue weighted by Crippen LogP contribution is -2.45. The zero-order valence-electron chi connectivity index (χ0n) is 15.5. The maximum atomic E-state index is 4.81. The van der Waals surface area contributed by atoms with Gasteiger partial charge in [0.1, 0.15) is 0 Å². The minimum Gasteiger partial charge on any atom is -0.314 e. The molecule has 3 heterocycles. The molecule has 2 aromatic rings. The Hall–Kier alpha value is -1.72. The van der Waals surface area contributed by atoms with Crippen LogP contribution in [0.1, 0.15) is 49.3 Å². The molecule has 0 aromatic carbocycles. The summed E-state index contributed by atoms with van der Waals surface area (Å²) in [7, 11) is 0. The molecule has 1 fully saturated rings. The second kappa shape index (κ2) is 6.65. The van der Waals surface area contributed by atoms with Crippen molar-refractivity contribution in [1.82, 2.24) is 25.0 Å². The smallest absolute Gasteiger partial charge is 0.0641 e. The molecule has 0 bridgehead atoms. The molecule has 0 spiro atoms. The van der Waals surface area contributed by atoms with Crippen LogP contribution in [0.3, 0.4) is 0 Å². The van der Waals surface area contributed by atoms with Crippen LogP contribution in [0.4, 0.5) is 0 Å². The van der Waals surface area contributed by atoms with E-state index < -0.39 is 0 Å². The SMILES string of the molecule is Cc1nn(C(C)(C)C)c(C)c1CN1CCNCC1c1cccnc1. The lowest BCUT2D eigenvalue weighted by Gasteiger charge is -2.36. The first kappa shape index (κ1) is 17.1. The highest BCUT2D eigenvalue weighted by atomic mass is 15.3. The van der Waals surface area contributed by atoms with Crippen LogP contribution in [0.15, 0.2) is 24.5 Å². The average Bonchev–Trinajstić information content (AvgIpc) is 2.84. The third-order valence-electron chi connectivity index (χ3n) is 4.86. The minimum atomic E-state index is 0.0132. The third-order valence-corrected chi connectivity index (χ3v) is 4.86. The van der Waals surface area contributed by atoms with Gasteiger partial charge in [0.25, 0.3) is 0 Å². The molecule has 2 aromatic heterocycles. The number of aromatic nitrogens is 3. The molecule has 1 aliphatic rings. The van der Waals surface area contributed by atoms with Gasteiger partial charge in [-0.05, 0) is 46.2 Å². The largest absolute Gasteiger partial charge is 0.314 e. The van der Waals surface area contributed by atoms with Crippen LogP contribution in [0.2, 0.25) is 0 Å². The summed E-state index contributed by atoms with van der Waals surface area (Å²) in [5.41, 5.74) is 5.08. The van der Waals surface area contributed by atoms with Crippen molar-refractivity contribution in [3.8, 4) is 0 Å². The summed E-state index contributed by atoms with van der Waals surface area (Å²) in [6.45, 7) is 14.9. The lowest BCUT2D eigenvalue weighted by atomic mass is 10.0. The van der Waals surface area contributed by atoms with Crippen molar-refractivity contribution < 1.29 is 0 Å². The Morgan fingerprint density at radius 2 is 2.08 bits per heavy atom. The van der Waals surface area contributed by atoms with Gasteiger partial charge in [-0.3, -0.25) is 14.6 Å². The van der Waals surface area contributed by atoms with Gasteiger partial charge in [-0.2, -0.15) is 5.10 Å². The quantitative estimate of drug-likeness (QED) is 0.942. The van der Waals surface area contributed by atoms with Crippen molar-refractivity contribution in [2.75, 3.05) is 19.6 Å². The monoisotopic (exact) mass is 327 g/mol. The predicted molar refractivity (Wildman–Crippen MR) is 97.0 cm³/mol. The molecule has 5 heteroatoms. The van der Waals surface area contributed by atoms with Crippen molar-refractivity contribution in [3.05, 3.63) is 47.0 Å². The number of aryl methyl sites for hydroxylation is 1. The molecule has 3 rings (SSSR count). The maximum Gasteiger partial charge on any atom is 0.0641 e. The second-order valence-corrected chi connectivity index (χ2v) is 7.71. The van der Waals surface area contributed by atoms with Crippen LogP contribution in [0, 0.1) is 13.8 Å². The molecule has 24 heavy (non-hydrogen) atoms. The molecule has 130 valence electrons. The maximum absolute atomic E-state index is 4.81. The van der Waals surface area contributed by atoms with Gasteiger partial charge in [-0.25, -0.2) is 0 Å². The molecule has 0 radical (unpaired) electrons. The van der Waals surface area contributed by atoms with E-state index in [2.05, 4.69) is 60.6 Å². The topological polar surface area (TPSA) is 46.0 Å². The number of hydrogen-bond acceptors (Lipinski definition) is 4. The molecule has 1 atom stereocenters. The predicted octanol–water partition coefficient (Wildman–Crippen LogP) is 2.80. The van der Waals surface area contributed by atoms with Crippen LogP contribution in [0.25, 0.3) is 0 Å². The summed E-state index contributed by atoms with van der Waals surface area (Å²) in [5.74, 6) is 0. The van der Waals surface area contributed by atoms with Gasteiger partial charge in [-0.15, -0.1) is 0 Å². The summed E-state index contributed by atoms with van der Waals surface area (Å²) in [6, 6.07) is 4.57. The number of nitrogens with zero attached hydrogens (tertiary/aromatic N) is 4. The highest BCUT2D eigenvalue weighted by molar-refractivity contribution is 5.26. The molecule has 0 saturated carbocycles. The van der Waals surface area contributed by atoms with Crippen molar-refractivity contribution >= 4 is 0 Å². The van der Waals surface area contributed by atoms with E-state index in [0.29, 0.717) is 6.04 Å². The summed E-state index contributed by atoms with van der Waals surface area (Å²) in [4.78, 5) is 6.86. The van der Waals surface area contributed by atoms with Crippen LogP contribution in [0.5, 0.6) is 0 Å². The number of hydrogen-bond donors (Lipinski definition) is 1. The van der Waals surface area contributed by atoms with Gasteiger partial charge in [-0.1, -0.05) is 6.07 Å². The van der Waals surface area contributed by atoms with Gasteiger partial charge in [0.15, 0.2) is 0 Å². The summed E-state index contributed by atoms with van der Waals surface area (Å²) < 4.78 is 2.17. The fraction of sp³-hybridized carbons (Fsp3) is 0.579. The van der Waals surface area contributed by atoms with Crippen LogP contribution in [-0.2, 0) is 12.1 Å². The Balaban J connectivity index is 1.88. The van der Waals surface area contributed by atoms with Crippen LogP contribution >= 0.6 is 0 Å². The van der Waals surface area contributed by atoms with Crippen LogP contribution in [-0.4, -0.2) is 39.3 Å². The number of piperazine rings is 1. The molecular weight excluding hydrogens is 298 g/mol. The highest BCUT2D eigenvalue weighted by Gasteiger charge is 2.27. The Kier molecular flexibility index (Phi) is 4.74. The van der Waals surface area contributed by atoms with E-state index in [1.807, 2.05) is 18.5 Å². The van der Waals surface area contributed by atoms with Crippen molar-refractivity contribution in [1.29, 1.82) is 0 Å². The fourth-order valence-electron chi connectivity index (χ4n) is 3.60. The van der Waals surface area contributed by atoms with Gasteiger partial charge < -0.3 is 5.32 Å². The van der Waals surface area contributed by atoms with E-state index in [9.17, 15) is 0 Å². The average molecular weight is 327 g/mol. The fourth-order valence-corrected chi connectivity index (χ4v) is 3.60. The zero-order valence-corrected chi connectivity index (χ0v) is 15.5. The molecular formula is C19H29N5. The second-order valence-electron chi connectivity index (χ2n) is 7.71. The van der Waals surface area contributed by atoms with Gasteiger partial charge in [0.05, 0.1) is 11.2 Å². The Bertz CT molecular complexity index is 684. The molecule has 1 saturated heterocycles. The summed E-state index contributed by atoms with van der Waals surface area (Å²) in [5, 5.41) is 8.32. The van der Waals surface area contributed by atoms with E-state index in [-0.39, 0.29) is 5.54 Å². The van der Waals surface area contributed by atoms with E-state index in [0.717, 1.165) is 31.9 Å². The molecule has 5 nitrogen and oxygen atoms in total.